The molecule has 0 radical (unpaired) electrons. The highest BCUT2D eigenvalue weighted by atomic mass is 19.1. The molecule has 22 heavy (non-hydrogen) atoms. The molecule has 1 N–H and O–H groups in total. The fourth-order valence-corrected chi connectivity index (χ4v) is 3.28. The third kappa shape index (κ3) is 3.54. The van der Waals surface area contributed by atoms with Gasteiger partial charge in [0, 0.05) is 38.5 Å². The van der Waals surface area contributed by atoms with Crippen LogP contribution in [0.15, 0.2) is 36.7 Å². The summed E-state index contributed by atoms with van der Waals surface area (Å²) in [7, 11) is 1.75. The molecule has 2 atom stereocenters. The largest absolute Gasteiger partial charge is 0.381 e. The number of methoxy groups -OCH3 is 1. The number of nitrogens with zero attached hydrogens (tertiary/aromatic N) is 2. The number of imidazole rings is 1. The third-order valence-electron chi connectivity index (χ3n) is 4.42. The Morgan fingerprint density at radius 2 is 2.27 bits per heavy atom. The zero-order valence-corrected chi connectivity index (χ0v) is 12.8. The van der Waals surface area contributed by atoms with Gasteiger partial charge in [0.25, 0.3) is 0 Å². The molecule has 1 fully saturated rings. The van der Waals surface area contributed by atoms with Crippen LogP contribution < -0.4 is 0 Å². The van der Waals surface area contributed by atoms with Crippen molar-refractivity contribution in [3.8, 4) is 0 Å². The number of likely N-dealkylation sites (tertiary alicyclic amines) is 1. The highest BCUT2D eigenvalue weighted by molar-refractivity contribution is 5.18. The summed E-state index contributed by atoms with van der Waals surface area (Å²) < 4.78 is 19.5. The van der Waals surface area contributed by atoms with E-state index in [0.29, 0.717) is 12.3 Å². The summed E-state index contributed by atoms with van der Waals surface area (Å²) in [5.41, 5.74) is 0.773. The Bertz CT molecular complexity index is 587. The summed E-state index contributed by atoms with van der Waals surface area (Å²) in [6, 6.07) is 7.02. The molecule has 1 aromatic carbocycles. The van der Waals surface area contributed by atoms with E-state index in [9.17, 15) is 4.39 Å². The number of aromatic amines is 1. The van der Waals surface area contributed by atoms with Gasteiger partial charge >= 0.3 is 0 Å². The molecular formula is C17H22FN3O. The van der Waals surface area contributed by atoms with E-state index in [1.807, 2.05) is 18.3 Å². The number of benzene rings is 1. The molecule has 2 heterocycles. The Hall–Kier alpha value is -1.72. The molecule has 118 valence electrons. The van der Waals surface area contributed by atoms with Crippen LogP contribution >= 0.6 is 0 Å². The van der Waals surface area contributed by atoms with Crippen molar-refractivity contribution >= 4 is 0 Å². The predicted molar refractivity (Wildman–Crippen MR) is 82.9 cm³/mol. The standard InChI is InChI=1S/C17H22FN3O/c1-22-16-6-9-21(12-17-19-7-8-20-17)11-14(16)10-13-4-2-3-5-15(13)18/h2-5,7-8,14,16H,6,9-12H2,1H3,(H,19,20)/t14-,16-/m1/s1. The van der Waals surface area contributed by atoms with E-state index < -0.39 is 0 Å². The minimum absolute atomic E-state index is 0.125. The SMILES string of the molecule is CO[C@@H]1CCN(Cc2ncc[nH]2)C[C@H]1Cc1ccccc1F. The first-order chi connectivity index (χ1) is 10.8. The van der Waals surface area contributed by atoms with Crippen LogP contribution in [-0.2, 0) is 17.7 Å². The molecule has 5 heteroatoms. The number of H-pyrrole nitrogens is 1. The molecule has 1 aliphatic rings. The van der Waals surface area contributed by atoms with E-state index in [0.717, 1.165) is 37.4 Å². The second-order valence-corrected chi connectivity index (χ2v) is 5.89. The van der Waals surface area contributed by atoms with Gasteiger partial charge in [-0.25, -0.2) is 9.37 Å². The van der Waals surface area contributed by atoms with Crippen molar-refractivity contribution in [2.24, 2.45) is 5.92 Å². The predicted octanol–water partition coefficient (Wildman–Crippen LogP) is 2.63. The Morgan fingerprint density at radius 3 is 3.00 bits per heavy atom. The van der Waals surface area contributed by atoms with Crippen LogP contribution in [0.5, 0.6) is 0 Å². The zero-order chi connectivity index (χ0) is 15.4. The minimum Gasteiger partial charge on any atom is -0.381 e. The Kier molecular flexibility index (Phi) is 4.85. The van der Waals surface area contributed by atoms with E-state index in [-0.39, 0.29) is 11.9 Å². The lowest BCUT2D eigenvalue weighted by molar-refractivity contribution is -0.00929. The molecule has 1 aromatic heterocycles. The highest BCUT2D eigenvalue weighted by Gasteiger charge is 2.30. The monoisotopic (exact) mass is 303 g/mol. The Labute approximate surface area is 130 Å². The molecular weight excluding hydrogens is 281 g/mol. The average Bonchev–Trinajstić information content (AvgIpc) is 3.03. The van der Waals surface area contributed by atoms with E-state index in [1.54, 1.807) is 19.4 Å². The van der Waals surface area contributed by atoms with Gasteiger partial charge in [-0.05, 0) is 24.5 Å². The topological polar surface area (TPSA) is 41.1 Å². The average molecular weight is 303 g/mol. The summed E-state index contributed by atoms with van der Waals surface area (Å²) in [6.45, 7) is 2.68. The summed E-state index contributed by atoms with van der Waals surface area (Å²) in [5.74, 6) is 1.15. The van der Waals surface area contributed by atoms with Gasteiger partial charge in [0.05, 0.1) is 12.6 Å². The van der Waals surface area contributed by atoms with Crippen LogP contribution in [-0.4, -0.2) is 41.2 Å². The van der Waals surface area contributed by atoms with Gasteiger partial charge in [-0.1, -0.05) is 18.2 Å². The maximum Gasteiger partial charge on any atom is 0.126 e. The van der Waals surface area contributed by atoms with Gasteiger partial charge in [-0.3, -0.25) is 4.90 Å². The minimum atomic E-state index is -0.125. The molecule has 3 rings (SSSR count). The molecule has 1 aliphatic heterocycles. The smallest absolute Gasteiger partial charge is 0.126 e. The molecule has 4 nitrogen and oxygen atoms in total. The lowest BCUT2D eigenvalue weighted by atomic mass is 9.88. The van der Waals surface area contributed by atoms with Crippen molar-refractivity contribution < 1.29 is 9.13 Å². The van der Waals surface area contributed by atoms with Crippen molar-refractivity contribution in [3.63, 3.8) is 0 Å². The van der Waals surface area contributed by atoms with Gasteiger partial charge in [-0.15, -0.1) is 0 Å². The second-order valence-electron chi connectivity index (χ2n) is 5.89. The number of ether oxygens (including phenoxy) is 1. The fraction of sp³-hybridized carbons (Fsp3) is 0.471. The van der Waals surface area contributed by atoms with Crippen LogP contribution in [0.25, 0.3) is 0 Å². The first-order valence-corrected chi connectivity index (χ1v) is 7.73. The number of hydrogen-bond donors (Lipinski definition) is 1. The molecule has 0 saturated carbocycles. The maximum absolute atomic E-state index is 13.9. The molecule has 0 bridgehead atoms. The van der Waals surface area contributed by atoms with Gasteiger partial charge in [0.1, 0.15) is 11.6 Å². The van der Waals surface area contributed by atoms with Crippen LogP contribution in [0, 0.1) is 11.7 Å². The van der Waals surface area contributed by atoms with Crippen LogP contribution in [0.3, 0.4) is 0 Å². The summed E-state index contributed by atoms with van der Waals surface area (Å²) in [6.07, 6.45) is 5.48. The highest BCUT2D eigenvalue weighted by Crippen LogP contribution is 2.25. The van der Waals surface area contributed by atoms with Gasteiger partial charge < -0.3 is 9.72 Å². The van der Waals surface area contributed by atoms with Gasteiger partial charge in [0.2, 0.25) is 0 Å². The number of rotatable bonds is 5. The molecule has 1 saturated heterocycles. The fourth-order valence-electron chi connectivity index (χ4n) is 3.28. The number of piperidine rings is 1. The molecule has 0 amide bonds. The molecule has 0 spiro atoms. The molecule has 0 unspecified atom stereocenters. The van der Waals surface area contributed by atoms with Crippen molar-refractivity contribution in [1.82, 2.24) is 14.9 Å². The van der Waals surface area contributed by atoms with Crippen LogP contribution in [0.1, 0.15) is 17.8 Å². The van der Waals surface area contributed by atoms with E-state index in [1.165, 1.54) is 6.07 Å². The first kappa shape index (κ1) is 15.2. The second kappa shape index (κ2) is 7.03. The zero-order valence-electron chi connectivity index (χ0n) is 12.8. The molecule has 0 aliphatic carbocycles. The van der Waals surface area contributed by atoms with E-state index in [4.69, 9.17) is 4.74 Å². The third-order valence-corrected chi connectivity index (χ3v) is 4.42. The van der Waals surface area contributed by atoms with Crippen molar-refractivity contribution in [3.05, 3.63) is 53.9 Å². The van der Waals surface area contributed by atoms with Crippen molar-refractivity contribution in [2.45, 2.75) is 25.5 Å². The Morgan fingerprint density at radius 1 is 1.41 bits per heavy atom. The normalized spacial score (nSPS) is 22.8. The van der Waals surface area contributed by atoms with Crippen LogP contribution in [0.2, 0.25) is 0 Å². The molecule has 2 aromatic rings. The first-order valence-electron chi connectivity index (χ1n) is 7.73. The van der Waals surface area contributed by atoms with Gasteiger partial charge in [0.15, 0.2) is 0 Å². The quantitative estimate of drug-likeness (QED) is 0.923. The Balaban J connectivity index is 1.67. The van der Waals surface area contributed by atoms with Crippen molar-refractivity contribution in [2.75, 3.05) is 20.2 Å². The van der Waals surface area contributed by atoms with Gasteiger partial charge in [-0.2, -0.15) is 0 Å². The van der Waals surface area contributed by atoms with Crippen molar-refractivity contribution in [1.29, 1.82) is 0 Å². The lowest BCUT2D eigenvalue weighted by Gasteiger charge is -2.37. The summed E-state index contributed by atoms with van der Waals surface area (Å²) in [5, 5.41) is 0. The van der Waals surface area contributed by atoms with E-state index in [2.05, 4.69) is 14.9 Å². The number of nitrogens with one attached hydrogen (secondary N) is 1. The number of hydrogen-bond acceptors (Lipinski definition) is 3. The number of aromatic nitrogens is 2. The van der Waals surface area contributed by atoms with Crippen LogP contribution in [0.4, 0.5) is 4.39 Å². The summed E-state index contributed by atoms with van der Waals surface area (Å²) in [4.78, 5) is 9.78. The maximum atomic E-state index is 13.9. The lowest BCUT2D eigenvalue weighted by Crippen LogP contribution is -2.44. The van der Waals surface area contributed by atoms with E-state index >= 15 is 0 Å². The number of halogens is 1. The summed E-state index contributed by atoms with van der Waals surface area (Å²) >= 11 is 0.